The second-order valence-corrected chi connectivity index (χ2v) is 5.38. The molecule has 1 saturated heterocycles. The Morgan fingerprint density at radius 2 is 1.86 bits per heavy atom. The minimum absolute atomic E-state index is 0.190. The van der Waals surface area contributed by atoms with Gasteiger partial charge in [0.25, 0.3) is 0 Å². The van der Waals surface area contributed by atoms with E-state index >= 15 is 0 Å². The van der Waals surface area contributed by atoms with E-state index in [2.05, 4.69) is 6.58 Å². The van der Waals surface area contributed by atoms with Gasteiger partial charge in [-0.05, 0) is 13.8 Å². The van der Waals surface area contributed by atoms with Crippen molar-refractivity contribution in [2.45, 2.75) is 44.6 Å². The molecular weight excluding hydrogens is 296 g/mol. The van der Waals surface area contributed by atoms with E-state index in [4.69, 9.17) is 19.3 Å². The lowest BCUT2D eigenvalue weighted by molar-refractivity contribution is -0.293. The van der Waals surface area contributed by atoms with Crippen LogP contribution in [-0.2, 0) is 19.0 Å². The minimum atomic E-state index is -1.55. The Balaban J connectivity index is 2.23. The first-order chi connectivity index (χ1) is 10.3. The third-order valence-corrected chi connectivity index (χ3v) is 3.87. The average molecular weight is 316 g/mol. The van der Waals surface area contributed by atoms with Crippen molar-refractivity contribution >= 4 is 5.97 Å². The monoisotopic (exact) mass is 316 g/mol. The molecule has 1 fully saturated rings. The Kier molecular flexibility index (Phi) is 4.88. The number of carbonyl (C=O) groups is 1. The number of cyclic esters (lactones) is 1. The van der Waals surface area contributed by atoms with Crippen molar-refractivity contribution < 1.29 is 39.4 Å². The first-order valence-electron chi connectivity index (χ1n) is 6.86. The summed E-state index contributed by atoms with van der Waals surface area (Å²) >= 11 is 0. The molecular formula is C14H20O8. The second-order valence-electron chi connectivity index (χ2n) is 5.38. The van der Waals surface area contributed by atoms with Crippen LogP contribution in [0.1, 0.15) is 13.8 Å². The van der Waals surface area contributed by atoms with Crippen molar-refractivity contribution in [1.82, 2.24) is 0 Å². The van der Waals surface area contributed by atoms with Crippen LogP contribution in [-0.4, -0.2) is 63.7 Å². The highest BCUT2D eigenvalue weighted by molar-refractivity contribution is 5.90. The molecule has 4 N–H and O–H groups in total. The van der Waals surface area contributed by atoms with Crippen LogP contribution in [0.15, 0.2) is 23.7 Å². The summed E-state index contributed by atoms with van der Waals surface area (Å²) in [4.78, 5) is 11.7. The van der Waals surface area contributed by atoms with Crippen LogP contribution < -0.4 is 0 Å². The standard InChI is InChI=1S/C14H20O8/c1-5-7(3)20-13(19)6(2)12(5)22-14-11(18)10(17)9(16)8(4-15)21-14/h5,8-11,14-18H,3-4H2,1-2H3/t5-,8-,9-,10+,11-,14+/m1/s1. The summed E-state index contributed by atoms with van der Waals surface area (Å²) in [5.74, 6) is -0.687. The molecule has 6 atom stereocenters. The molecule has 124 valence electrons. The van der Waals surface area contributed by atoms with Crippen LogP contribution in [0.25, 0.3) is 0 Å². The Morgan fingerprint density at radius 3 is 2.45 bits per heavy atom. The minimum Gasteiger partial charge on any atom is -0.465 e. The molecule has 8 nitrogen and oxygen atoms in total. The first-order valence-corrected chi connectivity index (χ1v) is 6.86. The fourth-order valence-electron chi connectivity index (χ4n) is 2.34. The molecule has 0 aromatic carbocycles. The SMILES string of the molecule is C=C1OC(=O)C(C)=C(O[C@@H]2O[C@H](CO)[C@@H](O)[C@H](O)[C@H]2O)[C@@H]1C. The lowest BCUT2D eigenvalue weighted by Gasteiger charge is -2.41. The number of esters is 1. The maximum absolute atomic E-state index is 11.7. The van der Waals surface area contributed by atoms with Gasteiger partial charge in [-0.3, -0.25) is 0 Å². The van der Waals surface area contributed by atoms with Gasteiger partial charge >= 0.3 is 5.97 Å². The number of carbonyl (C=O) groups excluding carboxylic acids is 1. The Labute approximate surface area is 127 Å². The van der Waals surface area contributed by atoms with Crippen molar-refractivity contribution in [3.05, 3.63) is 23.7 Å². The normalized spacial score (nSPS) is 39.7. The molecule has 0 unspecified atom stereocenters. The van der Waals surface area contributed by atoms with Crippen molar-refractivity contribution in [3.8, 4) is 0 Å². The van der Waals surface area contributed by atoms with Gasteiger partial charge in [0.2, 0.25) is 6.29 Å². The van der Waals surface area contributed by atoms with Crippen LogP contribution >= 0.6 is 0 Å². The Morgan fingerprint density at radius 1 is 1.23 bits per heavy atom. The van der Waals surface area contributed by atoms with Crippen LogP contribution in [0.3, 0.4) is 0 Å². The molecule has 0 spiro atoms. The van der Waals surface area contributed by atoms with Gasteiger partial charge in [0.1, 0.15) is 35.9 Å². The van der Waals surface area contributed by atoms with E-state index < -0.39 is 49.2 Å². The zero-order valence-corrected chi connectivity index (χ0v) is 12.3. The molecule has 0 aromatic heterocycles. The number of aliphatic hydroxyl groups excluding tert-OH is 4. The van der Waals surface area contributed by atoms with E-state index in [1.807, 2.05) is 0 Å². The number of aliphatic hydroxyl groups is 4. The van der Waals surface area contributed by atoms with Gasteiger partial charge in [-0.25, -0.2) is 4.79 Å². The first kappa shape index (κ1) is 16.9. The average Bonchev–Trinajstić information content (AvgIpc) is 2.49. The fraction of sp³-hybridized carbons (Fsp3) is 0.643. The number of hydrogen-bond donors (Lipinski definition) is 4. The van der Waals surface area contributed by atoms with Crippen LogP contribution in [0.4, 0.5) is 0 Å². The van der Waals surface area contributed by atoms with Gasteiger partial charge < -0.3 is 34.6 Å². The fourth-order valence-corrected chi connectivity index (χ4v) is 2.34. The molecule has 8 heteroatoms. The maximum atomic E-state index is 11.7. The number of hydrogen-bond acceptors (Lipinski definition) is 8. The predicted octanol–water partition coefficient (Wildman–Crippen LogP) is -1.22. The van der Waals surface area contributed by atoms with E-state index in [0.717, 1.165) is 0 Å². The van der Waals surface area contributed by atoms with Crippen molar-refractivity contribution in [3.63, 3.8) is 0 Å². The van der Waals surface area contributed by atoms with Crippen molar-refractivity contribution in [2.75, 3.05) is 6.61 Å². The molecule has 0 aliphatic carbocycles. The van der Waals surface area contributed by atoms with Gasteiger partial charge in [-0.1, -0.05) is 6.58 Å². The van der Waals surface area contributed by atoms with E-state index in [1.165, 1.54) is 6.92 Å². The Hall–Kier alpha value is -1.45. The van der Waals surface area contributed by atoms with E-state index in [9.17, 15) is 20.1 Å². The third-order valence-electron chi connectivity index (χ3n) is 3.87. The molecule has 0 radical (unpaired) electrons. The third kappa shape index (κ3) is 2.88. The summed E-state index contributed by atoms with van der Waals surface area (Å²) in [7, 11) is 0. The molecule has 0 aromatic rings. The van der Waals surface area contributed by atoms with Gasteiger partial charge in [0.15, 0.2) is 0 Å². The van der Waals surface area contributed by atoms with Crippen molar-refractivity contribution in [2.24, 2.45) is 5.92 Å². The van der Waals surface area contributed by atoms with Gasteiger partial charge in [0, 0.05) is 0 Å². The second kappa shape index (κ2) is 6.35. The van der Waals surface area contributed by atoms with Crippen molar-refractivity contribution in [1.29, 1.82) is 0 Å². The van der Waals surface area contributed by atoms with Crippen LogP contribution in [0.2, 0.25) is 0 Å². The van der Waals surface area contributed by atoms with Gasteiger partial charge in [-0.2, -0.15) is 0 Å². The summed E-state index contributed by atoms with van der Waals surface area (Å²) in [6, 6.07) is 0. The molecule has 2 rings (SSSR count). The zero-order chi connectivity index (χ0) is 16.6. The lowest BCUT2D eigenvalue weighted by atomic mass is 9.98. The number of ether oxygens (including phenoxy) is 3. The highest BCUT2D eigenvalue weighted by Crippen LogP contribution is 2.33. The summed E-state index contributed by atoms with van der Waals surface area (Å²) in [6.45, 7) is 6.23. The Bertz CT molecular complexity index is 497. The largest absolute Gasteiger partial charge is 0.465 e. The van der Waals surface area contributed by atoms with E-state index in [1.54, 1.807) is 6.92 Å². The maximum Gasteiger partial charge on any atom is 0.342 e. The highest BCUT2D eigenvalue weighted by Gasteiger charge is 2.46. The van der Waals surface area contributed by atoms with E-state index in [-0.39, 0.29) is 17.1 Å². The zero-order valence-electron chi connectivity index (χ0n) is 12.3. The molecule has 2 aliphatic rings. The molecule has 0 amide bonds. The molecule has 0 bridgehead atoms. The smallest absolute Gasteiger partial charge is 0.342 e. The quantitative estimate of drug-likeness (QED) is 0.478. The molecule has 22 heavy (non-hydrogen) atoms. The van der Waals surface area contributed by atoms with E-state index in [0.29, 0.717) is 0 Å². The van der Waals surface area contributed by atoms with Crippen LogP contribution in [0.5, 0.6) is 0 Å². The predicted molar refractivity (Wildman–Crippen MR) is 71.9 cm³/mol. The molecule has 2 heterocycles. The number of rotatable bonds is 3. The topological polar surface area (TPSA) is 126 Å². The van der Waals surface area contributed by atoms with Crippen LogP contribution in [0, 0.1) is 5.92 Å². The summed E-state index contributed by atoms with van der Waals surface area (Å²) in [6.07, 6.45) is -7.00. The highest BCUT2D eigenvalue weighted by atomic mass is 16.7. The summed E-state index contributed by atoms with van der Waals surface area (Å²) in [5.41, 5.74) is 0.192. The summed E-state index contributed by atoms with van der Waals surface area (Å²) in [5, 5.41) is 38.6. The van der Waals surface area contributed by atoms with Gasteiger partial charge in [-0.15, -0.1) is 0 Å². The summed E-state index contributed by atoms with van der Waals surface area (Å²) < 4.78 is 15.7. The lowest BCUT2D eigenvalue weighted by Crippen LogP contribution is -2.59. The molecule has 0 saturated carbocycles. The molecule has 2 aliphatic heterocycles. The van der Waals surface area contributed by atoms with Gasteiger partial charge in [0.05, 0.1) is 18.1 Å².